The monoisotopic (exact) mass is 361 g/mol. The van der Waals surface area contributed by atoms with Crippen LogP contribution in [0.3, 0.4) is 0 Å². The number of aliphatic hydroxyl groups is 2. The van der Waals surface area contributed by atoms with Gasteiger partial charge in [-0.3, -0.25) is 14.4 Å². The predicted molar refractivity (Wildman–Crippen MR) is 94.0 cm³/mol. The Balaban J connectivity index is 2.07. The first-order valence-corrected chi connectivity index (χ1v) is 8.29. The molecule has 8 nitrogen and oxygen atoms in total. The summed E-state index contributed by atoms with van der Waals surface area (Å²) in [4.78, 5) is 35.2. The van der Waals surface area contributed by atoms with Crippen molar-refractivity contribution in [1.82, 2.24) is 10.6 Å². The summed E-state index contributed by atoms with van der Waals surface area (Å²) in [5.74, 6) is -1.44. The molecular formula is C18H23N3O5. The lowest BCUT2D eigenvalue weighted by Crippen LogP contribution is -2.51. The van der Waals surface area contributed by atoms with Crippen LogP contribution < -0.4 is 16.4 Å². The number of rotatable bonds is 6. The molecule has 1 aliphatic carbocycles. The van der Waals surface area contributed by atoms with Crippen molar-refractivity contribution < 1.29 is 24.6 Å². The number of hydrogen-bond donors (Lipinski definition) is 5. The van der Waals surface area contributed by atoms with Crippen LogP contribution in [-0.2, 0) is 9.59 Å². The Hall–Kier alpha value is -2.71. The van der Waals surface area contributed by atoms with Crippen molar-refractivity contribution in [2.75, 3.05) is 6.54 Å². The number of primary amides is 1. The molecule has 1 aromatic carbocycles. The quantitative estimate of drug-likeness (QED) is 0.448. The Labute approximate surface area is 151 Å². The topological polar surface area (TPSA) is 142 Å². The summed E-state index contributed by atoms with van der Waals surface area (Å²) in [5, 5.41) is 25.3. The maximum absolute atomic E-state index is 12.3. The van der Waals surface area contributed by atoms with Crippen LogP contribution in [0.15, 0.2) is 35.9 Å². The molecule has 3 atom stereocenters. The van der Waals surface area contributed by atoms with Gasteiger partial charge in [0.1, 0.15) is 6.10 Å². The van der Waals surface area contributed by atoms with Crippen molar-refractivity contribution in [3.05, 3.63) is 47.0 Å². The van der Waals surface area contributed by atoms with E-state index in [1.165, 1.54) is 6.08 Å². The Morgan fingerprint density at radius 2 is 1.81 bits per heavy atom. The molecule has 0 saturated carbocycles. The van der Waals surface area contributed by atoms with E-state index in [9.17, 15) is 24.6 Å². The van der Waals surface area contributed by atoms with E-state index < -0.39 is 36.0 Å². The van der Waals surface area contributed by atoms with Gasteiger partial charge in [0, 0.05) is 30.5 Å². The van der Waals surface area contributed by atoms with Crippen LogP contribution in [0.4, 0.5) is 0 Å². The van der Waals surface area contributed by atoms with E-state index in [4.69, 9.17) is 5.73 Å². The van der Waals surface area contributed by atoms with E-state index in [-0.39, 0.29) is 25.0 Å². The summed E-state index contributed by atoms with van der Waals surface area (Å²) in [6, 6.07) is 5.96. The van der Waals surface area contributed by atoms with Crippen LogP contribution in [0.25, 0.3) is 0 Å². The van der Waals surface area contributed by atoms with Crippen molar-refractivity contribution in [3.63, 3.8) is 0 Å². The Morgan fingerprint density at radius 1 is 1.15 bits per heavy atom. The van der Waals surface area contributed by atoms with Crippen molar-refractivity contribution in [3.8, 4) is 0 Å². The molecule has 6 N–H and O–H groups in total. The molecule has 0 bridgehead atoms. The smallest absolute Gasteiger partial charge is 0.251 e. The zero-order valence-electron chi connectivity index (χ0n) is 14.4. The molecule has 0 unspecified atom stereocenters. The van der Waals surface area contributed by atoms with Gasteiger partial charge in [-0.25, -0.2) is 0 Å². The van der Waals surface area contributed by atoms with Crippen molar-refractivity contribution in [2.24, 2.45) is 5.73 Å². The van der Waals surface area contributed by atoms with E-state index in [2.05, 4.69) is 10.6 Å². The fourth-order valence-corrected chi connectivity index (χ4v) is 2.62. The molecule has 0 fully saturated rings. The molecule has 0 aliphatic heterocycles. The SMILES string of the molecule is Cc1ccc(C(=O)N[C@@H]2C=C(C(=O)NCCC(N)=O)C[C@@H](O)[C@@H]2O)cc1. The summed E-state index contributed by atoms with van der Waals surface area (Å²) in [6.45, 7) is 1.97. The highest BCUT2D eigenvalue weighted by Crippen LogP contribution is 2.20. The van der Waals surface area contributed by atoms with E-state index in [1.807, 2.05) is 6.92 Å². The summed E-state index contributed by atoms with van der Waals surface area (Å²) in [7, 11) is 0. The standard InChI is InChI=1S/C18H23N3O5/c1-10-2-4-11(5-3-10)18(26)21-13-8-12(9-14(22)16(13)24)17(25)20-7-6-15(19)23/h2-5,8,13-14,16,22,24H,6-7,9H2,1H3,(H2,19,23)(H,20,25)(H,21,26)/t13-,14-,16-/m1/s1. The minimum absolute atomic E-state index is 0.00220. The average Bonchev–Trinajstić information content (AvgIpc) is 2.58. The van der Waals surface area contributed by atoms with E-state index >= 15 is 0 Å². The van der Waals surface area contributed by atoms with Gasteiger partial charge in [-0.15, -0.1) is 0 Å². The number of carbonyl (C=O) groups excluding carboxylic acids is 3. The van der Waals surface area contributed by atoms with Gasteiger partial charge in [0.15, 0.2) is 0 Å². The number of hydrogen-bond acceptors (Lipinski definition) is 5. The molecule has 26 heavy (non-hydrogen) atoms. The van der Waals surface area contributed by atoms with Crippen LogP contribution >= 0.6 is 0 Å². The third-order valence-electron chi connectivity index (χ3n) is 4.13. The molecule has 1 aromatic rings. The fraction of sp³-hybridized carbons (Fsp3) is 0.389. The highest BCUT2D eigenvalue weighted by molar-refractivity contribution is 5.96. The summed E-state index contributed by atoms with van der Waals surface area (Å²) in [5.41, 5.74) is 6.65. The molecular weight excluding hydrogens is 338 g/mol. The first kappa shape index (κ1) is 19.6. The lowest BCUT2D eigenvalue weighted by molar-refractivity contribution is -0.119. The molecule has 8 heteroatoms. The number of benzene rings is 1. The first-order valence-electron chi connectivity index (χ1n) is 8.29. The maximum Gasteiger partial charge on any atom is 0.251 e. The van der Waals surface area contributed by atoms with Gasteiger partial charge < -0.3 is 26.6 Å². The maximum atomic E-state index is 12.3. The van der Waals surface area contributed by atoms with Crippen LogP contribution in [0, 0.1) is 6.92 Å². The number of aryl methyl sites for hydroxylation is 1. The average molecular weight is 361 g/mol. The van der Waals surface area contributed by atoms with Gasteiger partial charge in [-0.2, -0.15) is 0 Å². The second kappa shape index (κ2) is 8.59. The number of carbonyl (C=O) groups is 3. The Bertz CT molecular complexity index is 714. The molecule has 0 spiro atoms. The zero-order chi connectivity index (χ0) is 19.3. The van der Waals surface area contributed by atoms with Crippen LogP contribution in [0.2, 0.25) is 0 Å². The van der Waals surface area contributed by atoms with Gasteiger partial charge in [-0.1, -0.05) is 23.8 Å². The molecule has 0 aromatic heterocycles. The zero-order valence-corrected chi connectivity index (χ0v) is 14.4. The predicted octanol–water partition coefficient (Wildman–Crippen LogP) is -0.863. The summed E-state index contributed by atoms with van der Waals surface area (Å²) < 4.78 is 0. The Morgan fingerprint density at radius 3 is 2.42 bits per heavy atom. The minimum atomic E-state index is -1.23. The minimum Gasteiger partial charge on any atom is -0.390 e. The molecule has 1 aliphatic rings. The molecule has 0 heterocycles. The number of amides is 3. The third-order valence-corrected chi connectivity index (χ3v) is 4.13. The highest BCUT2D eigenvalue weighted by atomic mass is 16.3. The van der Waals surface area contributed by atoms with Crippen molar-refractivity contribution in [1.29, 1.82) is 0 Å². The number of aliphatic hydroxyl groups excluding tert-OH is 2. The lowest BCUT2D eigenvalue weighted by atomic mass is 9.89. The molecule has 2 rings (SSSR count). The van der Waals surface area contributed by atoms with E-state index in [1.54, 1.807) is 24.3 Å². The van der Waals surface area contributed by atoms with Gasteiger partial charge in [0.05, 0.1) is 12.1 Å². The van der Waals surface area contributed by atoms with Crippen molar-refractivity contribution in [2.45, 2.75) is 38.0 Å². The highest BCUT2D eigenvalue weighted by Gasteiger charge is 2.33. The van der Waals surface area contributed by atoms with E-state index in [0.717, 1.165) is 5.56 Å². The van der Waals surface area contributed by atoms with Gasteiger partial charge in [0.25, 0.3) is 5.91 Å². The third kappa shape index (κ3) is 5.14. The number of nitrogens with one attached hydrogen (secondary N) is 2. The summed E-state index contributed by atoms with van der Waals surface area (Å²) >= 11 is 0. The fourth-order valence-electron chi connectivity index (χ4n) is 2.62. The Kier molecular flexibility index (Phi) is 6.48. The summed E-state index contributed by atoms with van der Waals surface area (Å²) in [6.07, 6.45) is -1.06. The van der Waals surface area contributed by atoms with E-state index in [0.29, 0.717) is 5.56 Å². The molecule has 140 valence electrons. The second-order valence-corrected chi connectivity index (χ2v) is 6.29. The normalized spacial score (nSPS) is 22.3. The number of nitrogens with two attached hydrogens (primary N) is 1. The first-order chi connectivity index (χ1) is 12.3. The van der Waals surface area contributed by atoms with Gasteiger partial charge in [0.2, 0.25) is 11.8 Å². The van der Waals surface area contributed by atoms with Crippen molar-refractivity contribution >= 4 is 17.7 Å². The molecule has 3 amide bonds. The largest absolute Gasteiger partial charge is 0.390 e. The van der Waals surface area contributed by atoms with Crippen LogP contribution in [-0.4, -0.2) is 52.7 Å². The lowest BCUT2D eigenvalue weighted by Gasteiger charge is -2.31. The molecule has 0 saturated heterocycles. The molecule has 0 radical (unpaired) electrons. The van der Waals surface area contributed by atoms with Gasteiger partial charge >= 0.3 is 0 Å². The van der Waals surface area contributed by atoms with Crippen LogP contribution in [0.1, 0.15) is 28.8 Å². The second-order valence-electron chi connectivity index (χ2n) is 6.29. The van der Waals surface area contributed by atoms with Crippen LogP contribution in [0.5, 0.6) is 0 Å². The van der Waals surface area contributed by atoms with Gasteiger partial charge in [-0.05, 0) is 19.1 Å².